The van der Waals surface area contributed by atoms with Gasteiger partial charge in [0.05, 0.1) is 12.6 Å². The Bertz CT molecular complexity index is 154. The molecule has 5 nitrogen and oxygen atoms in total. The lowest BCUT2D eigenvalue weighted by Crippen LogP contribution is -2.37. The highest BCUT2D eigenvalue weighted by Crippen LogP contribution is 2.16. The summed E-state index contributed by atoms with van der Waals surface area (Å²) >= 11 is 0. The van der Waals surface area contributed by atoms with Gasteiger partial charge in [0, 0.05) is 20.6 Å². The minimum Gasteiger partial charge on any atom is -0.400 e. The van der Waals surface area contributed by atoms with E-state index in [1.165, 1.54) is 0 Å². The van der Waals surface area contributed by atoms with E-state index < -0.39 is 0 Å². The molecule has 0 aliphatic carbocycles. The molecule has 0 aromatic carbocycles. The van der Waals surface area contributed by atoms with Crippen molar-refractivity contribution in [2.75, 3.05) is 20.3 Å². The quantitative estimate of drug-likeness (QED) is 0.665. The maximum absolute atomic E-state index is 11.0. The second kappa shape index (κ2) is 11.4. The molecule has 15 heavy (non-hydrogen) atoms. The monoisotopic (exact) mass is 220 g/mol. The molecule has 3 N–H and O–H groups in total. The van der Waals surface area contributed by atoms with Crippen molar-refractivity contribution in [1.29, 1.82) is 0 Å². The second-order valence-corrected chi connectivity index (χ2v) is 2.84. The molecule has 0 spiro atoms. The average molecular weight is 220 g/mol. The maximum atomic E-state index is 11.0. The minimum atomic E-state index is 0.115. The summed E-state index contributed by atoms with van der Waals surface area (Å²) in [6, 6.07) is 0.206. The smallest absolute Gasteiger partial charge is 0.219 e. The van der Waals surface area contributed by atoms with Crippen molar-refractivity contribution in [2.24, 2.45) is 5.90 Å². The van der Waals surface area contributed by atoms with Gasteiger partial charge < -0.3 is 14.8 Å². The van der Waals surface area contributed by atoms with E-state index in [0.29, 0.717) is 6.61 Å². The van der Waals surface area contributed by atoms with Gasteiger partial charge in [0.1, 0.15) is 0 Å². The van der Waals surface area contributed by atoms with E-state index in [2.05, 4.69) is 4.84 Å². The van der Waals surface area contributed by atoms with Crippen LogP contribution in [0, 0.1) is 0 Å². The topological polar surface area (TPSA) is 75.8 Å². The van der Waals surface area contributed by atoms with Crippen LogP contribution in [0.15, 0.2) is 0 Å². The zero-order valence-corrected chi connectivity index (χ0v) is 10.2. The predicted molar refractivity (Wildman–Crippen MR) is 60.0 cm³/mol. The Morgan fingerprint density at radius 3 is 2.47 bits per heavy atom. The number of hydrogen-bond donors (Lipinski definition) is 2. The molecule has 0 radical (unpaired) electrons. The largest absolute Gasteiger partial charge is 0.400 e. The fourth-order valence-electron chi connectivity index (χ4n) is 1.53. The zero-order valence-electron chi connectivity index (χ0n) is 10.2. The second-order valence-electron chi connectivity index (χ2n) is 2.84. The molecule has 1 amide bonds. The van der Waals surface area contributed by atoms with Gasteiger partial charge in [-0.15, -0.1) is 0 Å². The summed E-state index contributed by atoms with van der Waals surface area (Å²) in [5.41, 5.74) is 0. The fourth-order valence-corrected chi connectivity index (χ4v) is 1.53. The number of hydrogen-bond acceptors (Lipinski definition) is 4. The Labute approximate surface area is 92.2 Å². The summed E-state index contributed by atoms with van der Waals surface area (Å²) in [7, 11) is 1.00. The van der Waals surface area contributed by atoms with Gasteiger partial charge in [0.2, 0.25) is 5.91 Å². The highest BCUT2D eigenvalue weighted by atomic mass is 16.6. The number of carbonyl (C=O) groups is 1. The molecule has 5 heteroatoms. The number of aliphatic hydroxyl groups excluding tert-OH is 1. The van der Waals surface area contributed by atoms with Gasteiger partial charge >= 0.3 is 0 Å². The number of likely N-dealkylation sites (tertiary alicyclic amines) is 1. The summed E-state index contributed by atoms with van der Waals surface area (Å²) in [6.07, 6.45) is 2.07. The molecule has 1 aliphatic rings. The number of nitrogens with zero attached hydrogens (tertiary/aromatic N) is 1. The lowest BCUT2D eigenvalue weighted by molar-refractivity contribution is -0.130. The Hall–Kier alpha value is -0.650. The molecule has 1 saturated heterocycles. The third-order valence-corrected chi connectivity index (χ3v) is 2.07. The van der Waals surface area contributed by atoms with Gasteiger partial charge in [-0.2, -0.15) is 0 Å². The minimum absolute atomic E-state index is 0.115. The normalized spacial score (nSPS) is 18.5. The molecule has 0 saturated carbocycles. The molecule has 1 fully saturated rings. The van der Waals surface area contributed by atoms with E-state index >= 15 is 0 Å². The molecule has 92 valence electrons. The molecule has 0 aromatic rings. The first-order valence-corrected chi connectivity index (χ1v) is 5.29. The number of amides is 1. The first kappa shape index (κ1) is 16.8. The van der Waals surface area contributed by atoms with Crippen LogP contribution in [0.3, 0.4) is 0 Å². The van der Waals surface area contributed by atoms with Crippen LogP contribution in [0.1, 0.15) is 33.6 Å². The van der Waals surface area contributed by atoms with E-state index in [1.807, 2.05) is 18.7 Å². The standard InChI is InChI=1S/C7H14N2O2.C2H6.CH4O/c1-6(10)9-4-2-3-7(9)5-11-8;2*1-2/h7H,2-5,8H2,1H3;1-2H3;2H,1H3. The number of rotatable bonds is 2. The van der Waals surface area contributed by atoms with Crippen molar-refractivity contribution in [3.63, 3.8) is 0 Å². The van der Waals surface area contributed by atoms with Crippen molar-refractivity contribution >= 4 is 5.91 Å². The van der Waals surface area contributed by atoms with Gasteiger partial charge in [0.25, 0.3) is 0 Å². The lowest BCUT2D eigenvalue weighted by atomic mass is 10.2. The molecule has 0 aromatic heterocycles. The van der Waals surface area contributed by atoms with Gasteiger partial charge in [-0.05, 0) is 12.8 Å². The average Bonchev–Trinajstić information content (AvgIpc) is 2.73. The van der Waals surface area contributed by atoms with Crippen LogP contribution < -0.4 is 5.90 Å². The van der Waals surface area contributed by atoms with Crippen LogP contribution in [0.2, 0.25) is 0 Å². The van der Waals surface area contributed by atoms with Crippen LogP contribution in [0.5, 0.6) is 0 Å². The van der Waals surface area contributed by atoms with Gasteiger partial charge in [-0.1, -0.05) is 13.8 Å². The molecule has 1 aliphatic heterocycles. The molecule has 1 unspecified atom stereocenters. The van der Waals surface area contributed by atoms with E-state index in [1.54, 1.807) is 6.92 Å². The summed E-state index contributed by atoms with van der Waals surface area (Å²) in [6.45, 7) is 6.89. The number of nitrogens with two attached hydrogens (primary N) is 1. The lowest BCUT2D eigenvalue weighted by Gasteiger charge is -2.21. The van der Waals surface area contributed by atoms with Gasteiger partial charge in [-0.25, -0.2) is 5.90 Å². The Kier molecular flexibility index (Phi) is 12.8. The fraction of sp³-hybridized carbons (Fsp3) is 0.900. The van der Waals surface area contributed by atoms with Crippen LogP contribution in [-0.2, 0) is 9.63 Å². The van der Waals surface area contributed by atoms with Crippen LogP contribution in [-0.4, -0.2) is 42.2 Å². The van der Waals surface area contributed by atoms with E-state index in [-0.39, 0.29) is 11.9 Å². The Morgan fingerprint density at radius 1 is 1.53 bits per heavy atom. The molecular weight excluding hydrogens is 196 g/mol. The van der Waals surface area contributed by atoms with E-state index in [4.69, 9.17) is 11.0 Å². The molecular formula is C10H24N2O3. The first-order chi connectivity index (χ1) is 7.25. The molecule has 1 atom stereocenters. The van der Waals surface area contributed by atoms with Crippen molar-refractivity contribution in [2.45, 2.75) is 39.7 Å². The Balaban J connectivity index is 0. The summed E-state index contributed by atoms with van der Waals surface area (Å²) < 4.78 is 0. The number of carbonyl (C=O) groups excluding carboxylic acids is 1. The van der Waals surface area contributed by atoms with Crippen molar-refractivity contribution < 1.29 is 14.7 Å². The SMILES string of the molecule is CC.CC(=O)N1CCCC1CON.CO. The van der Waals surface area contributed by atoms with Crippen molar-refractivity contribution in [3.8, 4) is 0 Å². The van der Waals surface area contributed by atoms with Crippen molar-refractivity contribution in [3.05, 3.63) is 0 Å². The van der Waals surface area contributed by atoms with E-state index in [0.717, 1.165) is 26.5 Å². The van der Waals surface area contributed by atoms with Crippen LogP contribution in [0.25, 0.3) is 0 Å². The first-order valence-electron chi connectivity index (χ1n) is 5.29. The third-order valence-electron chi connectivity index (χ3n) is 2.07. The molecule has 1 rings (SSSR count). The zero-order chi connectivity index (χ0) is 12.3. The van der Waals surface area contributed by atoms with Gasteiger partial charge in [0.15, 0.2) is 0 Å². The molecule has 1 heterocycles. The number of aliphatic hydroxyl groups is 1. The van der Waals surface area contributed by atoms with Crippen LogP contribution in [0.4, 0.5) is 0 Å². The summed E-state index contributed by atoms with van der Waals surface area (Å²) in [4.78, 5) is 17.3. The van der Waals surface area contributed by atoms with Crippen LogP contribution >= 0.6 is 0 Å². The summed E-state index contributed by atoms with van der Waals surface area (Å²) in [5, 5.41) is 7.00. The maximum Gasteiger partial charge on any atom is 0.219 e. The van der Waals surface area contributed by atoms with Gasteiger partial charge in [-0.3, -0.25) is 4.79 Å². The highest BCUT2D eigenvalue weighted by Gasteiger charge is 2.25. The molecule has 0 bridgehead atoms. The highest BCUT2D eigenvalue weighted by molar-refractivity contribution is 5.73. The predicted octanol–water partition coefficient (Wildman–Crippen LogP) is 0.522. The van der Waals surface area contributed by atoms with E-state index in [9.17, 15) is 4.79 Å². The Morgan fingerprint density at radius 2 is 2.07 bits per heavy atom. The third kappa shape index (κ3) is 6.43. The summed E-state index contributed by atoms with van der Waals surface area (Å²) in [5.74, 6) is 5.05. The van der Waals surface area contributed by atoms with Crippen molar-refractivity contribution in [1.82, 2.24) is 4.90 Å².